The maximum absolute atomic E-state index is 12.4. The molecule has 6 heteroatoms. The van der Waals surface area contributed by atoms with Gasteiger partial charge in [0, 0.05) is 18.2 Å². The molecule has 0 aliphatic heterocycles. The summed E-state index contributed by atoms with van der Waals surface area (Å²) in [5.41, 5.74) is 2.07. The molecule has 0 spiro atoms. The first-order valence-electron chi connectivity index (χ1n) is 11.5. The number of nitrogens with zero attached hydrogens (tertiary/aromatic N) is 1. The molecule has 3 N–H and O–H groups in total. The van der Waals surface area contributed by atoms with Crippen LogP contribution >= 0.6 is 0 Å². The zero-order valence-electron chi connectivity index (χ0n) is 18.1. The molecule has 0 bridgehead atoms. The van der Waals surface area contributed by atoms with Crippen molar-refractivity contribution >= 4 is 17.5 Å². The molecule has 166 valence electrons. The molecule has 0 aromatic carbocycles. The molecular weight excluding hydrogens is 382 g/mol. The predicted molar refractivity (Wildman–Crippen MR) is 113 cm³/mol. The second kappa shape index (κ2) is 7.86. The van der Waals surface area contributed by atoms with E-state index in [1.807, 2.05) is 0 Å². The molecule has 30 heavy (non-hydrogen) atoms. The number of hydrogen-bond acceptors (Lipinski definition) is 5. The van der Waals surface area contributed by atoms with Crippen molar-refractivity contribution in [3.8, 4) is 0 Å². The van der Waals surface area contributed by atoms with Gasteiger partial charge >= 0.3 is 5.97 Å². The monoisotopic (exact) mass is 417 g/mol. The number of hydrogen-bond donors (Lipinski definition) is 3. The summed E-state index contributed by atoms with van der Waals surface area (Å²) in [6.07, 6.45) is 8.03. The molecule has 3 saturated carbocycles. The maximum atomic E-state index is 12.4. The fourth-order valence-electron chi connectivity index (χ4n) is 7.76. The van der Waals surface area contributed by atoms with E-state index in [9.17, 15) is 19.8 Å². The minimum absolute atomic E-state index is 0.0569. The van der Waals surface area contributed by atoms with Crippen molar-refractivity contribution in [1.29, 1.82) is 0 Å². The van der Waals surface area contributed by atoms with E-state index in [1.165, 1.54) is 5.57 Å². The normalized spacial score (nSPS) is 44.1. The molecular formula is C24H35NO5. The van der Waals surface area contributed by atoms with Gasteiger partial charge in [-0.25, -0.2) is 0 Å². The van der Waals surface area contributed by atoms with Gasteiger partial charge in [0.15, 0.2) is 5.78 Å². The summed E-state index contributed by atoms with van der Waals surface area (Å²) in [7, 11) is 0. The van der Waals surface area contributed by atoms with Crippen LogP contribution in [-0.4, -0.2) is 52.0 Å². The first-order valence-corrected chi connectivity index (χ1v) is 11.5. The van der Waals surface area contributed by atoms with Gasteiger partial charge in [-0.3, -0.25) is 14.6 Å². The summed E-state index contributed by atoms with van der Waals surface area (Å²) in [5, 5.41) is 29.7. The van der Waals surface area contributed by atoms with E-state index in [-0.39, 0.29) is 34.9 Å². The van der Waals surface area contributed by atoms with Gasteiger partial charge in [0.1, 0.15) is 6.61 Å². The van der Waals surface area contributed by atoms with E-state index in [0.29, 0.717) is 24.8 Å². The number of ketones is 1. The van der Waals surface area contributed by atoms with Crippen LogP contribution < -0.4 is 0 Å². The molecule has 0 aromatic heterocycles. The van der Waals surface area contributed by atoms with Crippen LogP contribution in [0.4, 0.5) is 0 Å². The molecule has 0 unspecified atom stereocenters. The van der Waals surface area contributed by atoms with Gasteiger partial charge < -0.3 is 15.3 Å². The Kier molecular flexibility index (Phi) is 5.69. The number of rotatable bonds is 5. The highest BCUT2D eigenvalue weighted by molar-refractivity contribution is 5.96. The number of carbonyl (C=O) groups is 2. The number of aliphatic carboxylic acids is 1. The summed E-state index contributed by atoms with van der Waals surface area (Å²) in [4.78, 5) is 27.7. The van der Waals surface area contributed by atoms with Crippen LogP contribution in [0.1, 0.15) is 65.2 Å². The van der Waals surface area contributed by atoms with Crippen molar-refractivity contribution in [3.63, 3.8) is 0 Å². The highest BCUT2D eigenvalue weighted by atomic mass is 16.4. The first-order chi connectivity index (χ1) is 14.2. The Hall–Kier alpha value is -1.53. The van der Waals surface area contributed by atoms with E-state index in [1.54, 1.807) is 0 Å². The Morgan fingerprint density at radius 1 is 1.20 bits per heavy atom. The lowest BCUT2D eigenvalue weighted by Gasteiger charge is -2.59. The number of carboxylic acid groups (broad SMARTS) is 1. The Morgan fingerprint density at radius 2 is 1.97 bits per heavy atom. The second-order valence-electron chi connectivity index (χ2n) is 10.5. The summed E-state index contributed by atoms with van der Waals surface area (Å²) in [5.74, 6) is 0.00816. The fourth-order valence-corrected chi connectivity index (χ4v) is 7.76. The van der Waals surface area contributed by atoms with Crippen LogP contribution in [0.2, 0.25) is 0 Å². The van der Waals surface area contributed by atoms with Crippen LogP contribution in [0.15, 0.2) is 16.6 Å². The summed E-state index contributed by atoms with van der Waals surface area (Å²) < 4.78 is 0. The van der Waals surface area contributed by atoms with Crippen LogP contribution in [0.25, 0.3) is 0 Å². The van der Waals surface area contributed by atoms with Crippen LogP contribution in [0.5, 0.6) is 0 Å². The van der Waals surface area contributed by atoms with E-state index in [4.69, 9.17) is 5.11 Å². The number of fused-ring (bicyclic) bond motifs is 5. The third-order valence-corrected chi connectivity index (χ3v) is 9.09. The number of aliphatic hydroxyl groups is 2. The minimum atomic E-state index is -0.823. The number of carbonyl (C=O) groups excluding carboxylic acids is 1. The Bertz CT molecular complexity index is 788. The van der Waals surface area contributed by atoms with Crippen molar-refractivity contribution < 1.29 is 24.9 Å². The third kappa shape index (κ3) is 3.36. The fraction of sp³-hybridized carbons (Fsp3) is 0.792. The summed E-state index contributed by atoms with van der Waals surface area (Å²) >= 11 is 0. The SMILES string of the molecule is C[C@]12C[C@H](O)[C@H]3[C@@H](CCC4=CC(=NCCC(=O)O)CC[C@@]43C)[C@@H]1CC[C@@H]2C(=O)CO. The molecule has 6 nitrogen and oxygen atoms in total. The quantitative estimate of drug-likeness (QED) is 0.637. The van der Waals surface area contributed by atoms with Crippen molar-refractivity contribution in [3.05, 3.63) is 11.6 Å². The Balaban J connectivity index is 1.59. The highest BCUT2D eigenvalue weighted by Crippen LogP contribution is 2.66. The molecule has 4 rings (SSSR count). The maximum Gasteiger partial charge on any atom is 0.305 e. The number of aliphatic imine (C=N–C) groups is 1. The van der Waals surface area contributed by atoms with Gasteiger partial charge in [-0.15, -0.1) is 0 Å². The van der Waals surface area contributed by atoms with Crippen molar-refractivity contribution in [2.75, 3.05) is 13.2 Å². The average molecular weight is 418 g/mol. The zero-order chi connectivity index (χ0) is 21.7. The van der Waals surface area contributed by atoms with Gasteiger partial charge in [0.05, 0.1) is 12.5 Å². The zero-order valence-corrected chi connectivity index (χ0v) is 18.1. The lowest BCUT2D eigenvalue weighted by Crippen LogP contribution is -2.57. The number of Topliss-reactive ketones (excluding diaryl/α,β-unsaturated/α-hetero) is 1. The van der Waals surface area contributed by atoms with Crippen molar-refractivity contribution in [1.82, 2.24) is 0 Å². The molecule has 0 saturated heterocycles. The number of aliphatic hydroxyl groups excluding tert-OH is 2. The van der Waals surface area contributed by atoms with Crippen molar-refractivity contribution in [2.24, 2.45) is 39.5 Å². The van der Waals surface area contributed by atoms with Crippen LogP contribution in [0, 0.1) is 34.5 Å². The average Bonchev–Trinajstić information content (AvgIpc) is 3.03. The lowest BCUT2D eigenvalue weighted by molar-refractivity contribution is -0.144. The molecule has 3 fully saturated rings. The largest absolute Gasteiger partial charge is 0.481 e. The molecule has 4 aliphatic rings. The first kappa shape index (κ1) is 21.7. The Labute approximate surface area is 178 Å². The molecule has 7 atom stereocenters. The van der Waals surface area contributed by atoms with Crippen molar-refractivity contribution in [2.45, 2.75) is 71.3 Å². The van der Waals surface area contributed by atoms with Gasteiger partial charge in [-0.05, 0) is 79.6 Å². The predicted octanol–water partition coefficient (Wildman–Crippen LogP) is 3.01. The summed E-state index contributed by atoms with van der Waals surface area (Å²) in [6.45, 7) is 4.39. The van der Waals surface area contributed by atoms with Gasteiger partial charge in [0.25, 0.3) is 0 Å². The van der Waals surface area contributed by atoms with Gasteiger partial charge in [0.2, 0.25) is 0 Å². The van der Waals surface area contributed by atoms with E-state index >= 15 is 0 Å². The molecule has 4 aliphatic carbocycles. The lowest BCUT2D eigenvalue weighted by atomic mass is 9.46. The molecule has 0 aromatic rings. The third-order valence-electron chi connectivity index (χ3n) is 9.09. The number of allylic oxidation sites excluding steroid dienone is 2. The Morgan fingerprint density at radius 3 is 2.67 bits per heavy atom. The topological polar surface area (TPSA) is 107 Å². The van der Waals surface area contributed by atoms with Crippen LogP contribution in [0.3, 0.4) is 0 Å². The van der Waals surface area contributed by atoms with E-state index in [0.717, 1.165) is 44.2 Å². The minimum Gasteiger partial charge on any atom is -0.481 e. The smallest absolute Gasteiger partial charge is 0.305 e. The molecule has 0 amide bonds. The van der Waals surface area contributed by atoms with Gasteiger partial charge in [-0.2, -0.15) is 0 Å². The van der Waals surface area contributed by atoms with E-state index in [2.05, 4.69) is 24.9 Å². The highest BCUT2D eigenvalue weighted by Gasteiger charge is 2.62. The van der Waals surface area contributed by atoms with Gasteiger partial charge in [-0.1, -0.05) is 19.4 Å². The molecule has 0 radical (unpaired) electrons. The van der Waals surface area contributed by atoms with E-state index < -0.39 is 18.7 Å². The summed E-state index contributed by atoms with van der Waals surface area (Å²) in [6, 6.07) is 0. The standard InChI is InChI=1S/C24H35NO5/c1-23-9-7-15(25-10-8-21(29)30)11-14(23)3-4-16-17-5-6-18(20(28)13-26)24(17,2)12-19(27)22(16)23/h11,16-19,22,26-27H,3-10,12-13H2,1-2H3,(H,29,30)/t16-,17-,18+,19-,22+,23-,24-/m0/s1. The molecule has 0 heterocycles. The number of carboxylic acids is 1. The van der Waals surface area contributed by atoms with Crippen LogP contribution in [-0.2, 0) is 9.59 Å². The second-order valence-corrected chi connectivity index (χ2v) is 10.5.